The van der Waals surface area contributed by atoms with Gasteiger partial charge in [0.2, 0.25) is 5.82 Å². The van der Waals surface area contributed by atoms with E-state index in [-0.39, 0.29) is 35.2 Å². The maximum atomic E-state index is 11.1. The van der Waals surface area contributed by atoms with Gasteiger partial charge in [-0.25, -0.2) is 4.98 Å². The fourth-order valence-corrected chi connectivity index (χ4v) is 3.18. The molecule has 2 aliphatic carbocycles. The summed E-state index contributed by atoms with van der Waals surface area (Å²) in [7, 11) is 0. The van der Waals surface area contributed by atoms with E-state index in [1.54, 1.807) is 0 Å². The zero-order valence-corrected chi connectivity index (χ0v) is 13.8. The number of hydrogen-bond acceptors (Lipinski definition) is 6. The summed E-state index contributed by atoms with van der Waals surface area (Å²) in [6, 6.07) is 1.53. The summed E-state index contributed by atoms with van der Waals surface area (Å²) < 4.78 is 0. The first-order valence-corrected chi connectivity index (χ1v) is 8.32. The van der Waals surface area contributed by atoms with E-state index in [0.29, 0.717) is 5.92 Å². The molecule has 0 spiro atoms. The third-order valence-corrected chi connectivity index (χ3v) is 4.74. The molecule has 9 heteroatoms. The van der Waals surface area contributed by atoms with Crippen LogP contribution in [-0.2, 0) is 4.79 Å². The smallest absolute Gasteiger partial charge is 0.317 e. The van der Waals surface area contributed by atoms with Gasteiger partial charge in [0.25, 0.3) is 0 Å². The van der Waals surface area contributed by atoms with Crippen LogP contribution in [0.3, 0.4) is 0 Å². The number of nitrogens with one attached hydrogen (secondary N) is 1. The van der Waals surface area contributed by atoms with Crippen LogP contribution < -0.4 is 5.32 Å². The quantitative estimate of drug-likeness (QED) is 0.545. The van der Waals surface area contributed by atoms with Crippen molar-refractivity contribution < 1.29 is 14.8 Å². The zero-order valence-electron chi connectivity index (χ0n) is 13.0. The van der Waals surface area contributed by atoms with E-state index >= 15 is 0 Å². The summed E-state index contributed by atoms with van der Waals surface area (Å²) in [6.45, 7) is 0.871. The van der Waals surface area contributed by atoms with Crippen molar-refractivity contribution in [2.45, 2.75) is 37.8 Å². The Balaban J connectivity index is 1.58. The van der Waals surface area contributed by atoms with Crippen LogP contribution >= 0.6 is 11.6 Å². The summed E-state index contributed by atoms with van der Waals surface area (Å²) in [4.78, 5) is 27.6. The number of halogens is 1. The van der Waals surface area contributed by atoms with Crippen LogP contribution in [0.1, 0.15) is 25.7 Å². The number of nitro groups is 1. The van der Waals surface area contributed by atoms with Gasteiger partial charge in [-0.15, -0.1) is 0 Å². The van der Waals surface area contributed by atoms with Gasteiger partial charge in [-0.1, -0.05) is 11.6 Å². The number of nitrogens with zero attached hydrogens (tertiary/aromatic N) is 3. The number of aliphatic carboxylic acids is 1. The highest BCUT2D eigenvalue weighted by Crippen LogP contribution is 2.35. The van der Waals surface area contributed by atoms with Crippen LogP contribution in [0, 0.1) is 16.0 Å². The molecule has 0 aliphatic heterocycles. The number of pyridine rings is 1. The van der Waals surface area contributed by atoms with Crippen LogP contribution in [0.15, 0.2) is 12.3 Å². The topological polar surface area (TPSA) is 109 Å². The lowest BCUT2D eigenvalue weighted by Crippen LogP contribution is -2.52. The first-order valence-electron chi connectivity index (χ1n) is 7.94. The van der Waals surface area contributed by atoms with E-state index in [1.165, 1.54) is 25.1 Å². The molecule has 2 saturated carbocycles. The van der Waals surface area contributed by atoms with E-state index < -0.39 is 10.9 Å². The second-order valence-electron chi connectivity index (χ2n) is 6.51. The number of aromatic nitrogens is 1. The van der Waals surface area contributed by atoms with Gasteiger partial charge in [0.15, 0.2) is 0 Å². The summed E-state index contributed by atoms with van der Waals surface area (Å²) in [5, 5.41) is 23.4. The van der Waals surface area contributed by atoms with Gasteiger partial charge in [0.05, 0.1) is 16.5 Å². The Hall–Kier alpha value is -1.93. The predicted molar refractivity (Wildman–Crippen MR) is 88.3 cm³/mol. The normalized spacial score (nSPS) is 22.9. The van der Waals surface area contributed by atoms with Gasteiger partial charge in [-0.2, -0.15) is 0 Å². The molecule has 2 aliphatic rings. The maximum absolute atomic E-state index is 11.1. The minimum absolute atomic E-state index is 0.0488. The highest BCUT2D eigenvalue weighted by Gasteiger charge is 2.38. The van der Waals surface area contributed by atoms with Crippen molar-refractivity contribution >= 4 is 29.1 Å². The Labute approximate surface area is 144 Å². The van der Waals surface area contributed by atoms with Gasteiger partial charge in [-0.05, 0) is 31.6 Å². The lowest BCUT2D eigenvalue weighted by Gasteiger charge is -2.42. The number of carboxylic acid groups (broad SMARTS) is 1. The van der Waals surface area contributed by atoms with Crippen LogP contribution in [0.25, 0.3) is 0 Å². The molecular weight excluding hydrogens is 336 g/mol. The third kappa shape index (κ3) is 4.12. The molecule has 0 bridgehead atoms. The standard InChI is InChI=1S/C15H19ClN4O4/c16-10-3-13(20(23)24)15(17-6-10)18-11-4-12(5-11)19(8-14(21)22)7-9-1-2-9/h3,6,9,11-12H,1-2,4-5,7-8H2,(H,17,18)(H,21,22). The molecule has 1 aromatic heterocycles. The molecular formula is C15H19ClN4O4. The molecule has 1 heterocycles. The summed E-state index contributed by atoms with van der Waals surface area (Å²) >= 11 is 5.76. The molecule has 2 N–H and O–H groups in total. The SMILES string of the molecule is O=C(O)CN(CC1CC1)C1CC(Nc2ncc(Cl)cc2[N+](=O)[O-])C1. The summed E-state index contributed by atoms with van der Waals surface area (Å²) in [6.07, 6.45) is 5.22. The fourth-order valence-electron chi connectivity index (χ4n) is 3.02. The van der Waals surface area contributed by atoms with Crippen LogP contribution in [0.5, 0.6) is 0 Å². The van der Waals surface area contributed by atoms with Crippen molar-refractivity contribution in [1.29, 1.82) is 0 Å². The minimum atomic E-state index is -0.818. The van der Waals surface area contributed by atoms with Crippen molar-refractivity contribution in [2.24, 2.45) is 5.92 Å². The monoisotopic (exact) mass is 354 g/mol. The lowest BCUT2D eigenvalue weighted by atomic mass is 9.85. The lowest BCUT2D eigenvalue weighted by molar-refractivity contribution is -0.384. The molecule has 0 saturated heterocycles. The second-order valence-corrected chi connectivity index (χ2v) is 6.95. The van der Waals surface area contributed by atoms with E-state index in [4.69, 9.17) is 16.7 Å². The van der Waals surface area contributed by atoms with Crippen molar-refractivity contribution in [2.75, 3.05) is 18.4 Å². The van der Waals surface area contributed by atoms with E-state index in [0.717, 1.165) is 19.4 Å². The van der Waals surface area contributed by atoms with Gasteiger partial charge < -0.3 is 10.4 Å². The molecule has 8 nitrogen and oxygen atoms in total. The van der Waals surface area contributed by atoms with Gasteiger partial charge >= 0.3 is 11.7 Å². The Morgan fingerprint density at radius 2 is 2.21 bits per heavy atom. The first kappa shape index (κ1) is 16.9. The van der Waals surface area contributed by atoms with Crippen molar-refractivity contribution in [3.63, 3.8) is 0 Å². The largest absolute Gasteiger partial charge is 0.480 e. The number of carboxylic acids is 1. The fraction of sp³-hybridized carbons (Fsp3) is 0.600. The molecule has 1 aromatic rings. The Kier molecular flexibility index (Phi) is 4.86. The number of rotatable bonds is 8. The Morgan fingerprint density at radius 3 is 2.79 bits per heavy atom. The van der Waals surface area contributed by atoms with Crippen molar-refractivity contribution in [3.05, 3.63) is 27.4 Å². The zero-order chi connectivity index (χ0) is 17.3. The van der Waals surface area contributed by atoms with Crippen molar-refractivity contribution in [3.8, 4) is 0 Å². The molecule has 0 aromatic carbocycles. The van der Waals surface area contributed by atoms with Gasteiger partial charge in [0, 0.05) is 30.9 Å². The van der Waals surface area contributed by atoms with E-state index in [1.807, 2.05) is 4.90 Å². The molecule has 0 radical (unpaired) electrons. The average Bonchev–Trinajstić information content (AvgIpc) is 3.26. The maximum Gasteiger partial charge on any atom is 0.317 e. The highest BCUT2D eigenvalue weighted by molar-refractivity contribution is 6.30. The predicted octanol–water partition coefficient (Wildman–Crippen LogP) is 2.38. The number of carbonyl (C=O) groups is 1. The van der Waals surface area contributed by atoms with Gasteiger partial charge in [0.1, 0.15) is 0 Å². The number of hydrogen-bond donors (Lipinski definition) is 2. The molecule has 24 heavy (non-hydrogen) atoms. The third-order valence-electron chi connectivity index (χ3n) is 4.53. The average molecular weight is 355 g/mol. The molecule has 0 atom stereocenters. The molecule has 3 rings (SSSR count). The molecule has 2 fully saturated rings. The van der Waals surface area contributed by atoms with Crippen LogP contribution in [0.2, 0.25) is 5.02 Å². The Morgan fingerprint density at radius 1 is 1.50 bits per heavy atom. The minimum Gasteiger partial charge on any atom is -0.480 e. The highest BCUT2D eigenvalue weighted by atomic mass is 35.5. The second kappa shape index (κ2) is 6.90. The first-order chi connectivity index (χ1) is 11.4. The molecule has 0 amide bonds. The van der Waals surface area contributed by atoms with E-state index in [2.05, 4.69) is 10.3 Å². The molecule has 0 unspecified atom stereocenters. The Bertz CT molecular complexity index is 646. The molecule has 130 valence electrons. The van der Waals surface area contributed by atoms with Crippen molar-refractivity contribution in [1.82, 2.24) is 9.88 Å². The number of anilines is 1. The van der Waals surface area contributed by atoms with Gasteiger partial charge in [-0.3, -0.25) is 19.8 Å². The summed E-state index contributed by atoms with van der Waals surface area (Å²) in [5.74, 6) is 0.0114. The van der Waals surface area contributed by atoms with Crippen LogP contribution in [0.4, 0.5) is 11.5 Å². The van der Waals surface area contributed by atoms with E-state index in [9.17, 15) is 14.9 Å². The van der Waals surface area contributed by atoms with Crippen LogP contribution in [-0.4, -0.2) is 51.1 Å². The summed E-state index contributed by atoms with van der Waals surface area (Å²) in [5.41, 5.74) is -0.147.